The Kier molecular flexibility index (Phi) is 8.16. The van der Waals surface area contributed by atoms with Crippen molar-refractivity contribution in [3.05, 3.63) is 72.0 Å². The average molecular weight is 545 g/mol. The number of hydrogen-bond donors (Lipinski definition) is 3. The summed E-state index contributed by atoms with van der Waals surface area (Å²) in [7, 11) is 3.55. The predicted octanol–water partition coefficient (Wildman–Crippen LogP) is 4.28. The monoisotopic (exact) mass is 544 g/mol. The number of aryl methyl sites for hydroxylation is 1. The Balaban J connectivity index is 1.27. The Morgan fingerprint density at radius 3 is 2.62 bits per heavy atom. The van der Waals surface area contributed by atoms with Crippen LogP contribution in [-0.2, 0) is 23.1 Å². The zero-order chi connectivity index (χ0) is 27.2. The highest BCUT2D eigenvalue weighted by Gasteiger charge is 2.20. The van der Waals surface area contributed by atoms with Gasteiger partial charge in [-0.3, -0.25) is 18.7 Å². The van der Waals surface area contributed by atoms with Gasteiger partial charge in [-0.25, -0.2) is 9.97 Å². The van der Waals surface area contributed by atoms with Gasteiger partial charge in [0.05, 0.1) is 30.0 Å². The summed E-state index contributed by atoms with van der Waals surface area (Å²) in [5.41, 5.74) is 4.76. The molecule has 202 valence electrons. The highest BCUT2D eigenvalue weighted by Crippen LogP contribution is 2.26. The second kappa shape index (κ2) is 12.1. The molecular formula is C28H32N8O2S. The highest BCUT2D eigenvalue weighted by molar-refractivity contribution is 7.15. The van der Waals surface area contributed by atoms with Crippen LogP contribution in [0.5, 0.6) is 0 Å². The number of aromatic nitrogens is 6. The van der Waals surface area contributed by atoms with Crippen LogP contribution in [0.4, 0.5) is 0 Å². The minimum Gasteiger partial charge on any atom is -0.359 e. The number of fused-ring (bicyclic) bond motifs is 1. The van der Waals surface area contributed by atoms with E-state index in [9.17, 15) is 9.59 Å². The van der Waals surface area contributed by atoms with E-state index >= 15 is 0 Å². The summed E-state index contributed by atoms with van der Waals surface area (Å²) in [4.78, 5) is 37.9. The number of amides is 2. The molecule has 1 atom stereocenters. The molecule has 0 radical (unpaired) electrons. The number of thiazole rings is 1. The number of nitrogens with one attached hydrogen (secondary N) is 3. The van der Waals surface area contributed by atoms with Crippen LogP contribution in [0.25, 0.3) is 27.5 Å². The fourth-order valence-corrected chi connectivity index (χ4v) is 5.42. The Bertz CT molecular complexity index is 1540. The zero-order valence-electron chi connectivity index (χ0n) is 22.1. The molecule has 5 rings (SSSR count). The van der Waals surface area contributed by atoms with E-state index in [2.05, 4.69) is 30.7 Å². The summed E-state index contributed by atoms with van der Waals surface area (Å²) in [5, 5.41) is 12.3. The van der Waals surface area contributed by atoms with Crippen LogP contribution in [0.15, 0.2) is 60.5 Å². The van der Waals surface area contributed by atoms with Gasteiger partial charge in [-0.2, -0.15) is 5.10 Å². The SMILES string of the molecule is CNC(=O)CCCCC[C@H](NC(=O)Cc1csc2nccn12)c1ncc(-c2ccc(-c3ccn(C)n3)cc2)[nH]1. The van der Waals surface area contributed by atoms with E-state index in [1.54, 1.807) is 17.9 Å². The molecule has 2 amide bonds. The standard InChI is InChI=1S/C28H32N8O2S/c1-29-25(37)7-5-3-4-6-23(32-26(38)16-21-18-39-28-30-13-15-36(21)28)27-31-17-24(33-27)20-10-8-19(9-11-20)22-12-14-35(2)34-22/h8-15,17-18,23H,3-7,16H2,1-2H3,(H,29,37)(H,31,33)(H,32,38)/t23-/m0/s1. The molecular weight excluding hydrogens is 512 g/mol. The molecule has 0 unspecified atom stereocenters. The van der Waals surface area contributed by atoms with Crippen LogP contribution in [-0.4, -0.2) is 48.0 Å². The Labute approximate surface area is 230 Å². The van der Waals surface area contributed by atoms with Crippen LogP contribution in [0.1, 0.15) is 49.7 Å². The number of unbranched alkanes of at least 4 members (excludes halogenated alkanes) is 2. The third kappa shape index (κ3) is 6.43. The van der Waals surface area contributed by atoms with Crippen molar-refractivity contribution in [3.8, 4) is 22.5 Å². The minimum atomic E-state index is -0.268. The average Bonchev–Trinajstić information content (AvgIpc) is 3.74. The molecule has 0 saturated carbocycles. The van der Waals surface area contributed by atoms with Crippen LogP contribution in [0, 0.1) is 0 Å². The Morgan fingerprint density at radius 2 is 1.85 bits per heavy atom. The van der Waals surface area contributed by atoms with Gasteiger partial charge in [0.25, 0.3) is 0 Å². The number of rotatable bonds is 12. The summed E-state index contributed by atoms with van der Waals surface area (Å²) in [6.45, 7) is 0. The van der Waals surface area contributed by atoms with Crippen LogP contribution in [0.3, 0.4) is 0 Å². The van der Waals surface area contributed by atoms with Crippen LogP contribution >= 0.6 is 11.3 Å². The van der Waals surface area contributed by atoms with E-state index in [1.165, 1.54) is 11.3 Å². The molecule has 11 heteroatoms. The lowest BCUT2D eigenvalue weighted by Gasteiger charge is -2.17. The highest BCUT2D eigenvalue weighted by atomic mass is 32.1. The smallest absolute Gasteiger partial charge is 0.226 e. The molecule has 1 aromatic carbocycles. The van der Waals surface area contributed by atoms with Crippen molar-refractivity contribution in [2.45, 2.75) is 44.6 Å². The predicted molar refractivity (Wildman–Crippen MR) is 151 cm³/mol. The number of hydrogen-bond acceptors (Lipinski definition) is 6. The Morgan fingerprint density at radius 1 is 1.03 bits per heavy atom. The van der Waals surface area contributed by atoms with Crippen molar-refractivity contribution in [1.29, 1.82) is 0 Å². The van der Waals surface area contributed by atoms with E-state index in [-0.39, 0.29) is 24.3 Å². The first-order valence-corrected chi connectivity index (χ1v) is 13.9. The minimum absolute atomic E-state index is 0.0474. The fourth-order valence-electron chi connectivity index (χ4n) is 4.57. The zero-order valence-corrected chi connectivity index (χ0v) is 22.9. The first kappa shape index (κ1) is 26.4. The molecule has 0 aliphatic heterocycles. The van der Waals surface area contributed by atoms with E-state index < -0.39 is 0 Å². The lowest BCUT2D eigenvalue weighted by molar-refractivity contribution is -0.121. The molecule has 0 bridgehead atoms. The first-order valence-electron chi connectivity index (χ1n) is 13.0. The maximum absolute atomic E-state index is 13.1. The van der Waals surface area contributed by atoms with Crippen LogP contribution < -0.4 is 10.6 Å². The molecule has 5 aromatic rings. The number of H-pyrrole nitrogens is 1. The van der Waals surface area contributed by atoms with Crippen molar-refractivity contribution in [2.75, 3.05) is 7.05 Å². The topological polar surface area (TPSA) is 122 Å². The molecule has 0 aliphatic carbocycles. The van der Waals surface area contributed by atoms with Gasteiger partial charge in [0.15, 0.2) is 4.96 Å². The number of imidazole rings is 2. The van der Waals surface area contributed by atoms with Gasteiger partial charge in [0.1, 0.15) is 5.82 Å². The van der Waals surface area contributed by atoms with Gasteiger partial charge in [0.2, 0.25) is 11.8 Å². The molecule has 0 fully saturated rings. The molecule has 0 saturated heterocycles. The van der Waals surface area contributed by atoms with E-state index in [0.29, 0.717) is 6.42 Å². The van der Waals surface area contributed by atoms with Crippen molar-refractivity contribution in [1.82, 2.24) is 39.8 Å². The molecule has 0 aliphatic rings. The number of carbonyl (C=O) groups excluding carboxylic acids is 2. The van der Waals surface area contributed by atoms with E-state index in [4.69, 9.17) is 0 Å². The number of carbonyl (C=O) groups is 2. The first-order chi connectivity index (χ1) is 19.0. The van der Waals surface area contributed by atoms with Crippen molar-refractivity contribution < 1.29 is 9.59 Å². The fraction of sp³-hybridized carbons (Fsp3) is 0.321. The summed E-state index contributed by atoms with van der Waals surface area (Å²) in [5.74, 6) is 0.694. The van der Waals surface area contributed by atoms with Gasteiger partial charge in [0, 0.05) is 55.7 Å². The van der Waals surface area contributed by atoms with Gasteiger partial charge in [-0.1, -0.05) is 37.1 Å². The van der Waals surface area contributed by atoms with Gasteiger partial charge < -0.3 is 15.6 Å². The summed E-state index contributed by atoms with van der Waals surface area (Å²) < 4.78 is 3.73. The molecule has 10 nitrogen and oxygen atoms in total. The Hall–Kier alpha value is -4.25. The van der Waals surface area contributed by atoms with Crippen molar-refractivity contribution in [3.63, 3.8) is 0 Å². The number of aromatic amines is 1. The quantitative estimate of drug-likeness (QED) is 0.202. The van der Waals surface area contributed by atoms with Gasteiger partial charge in [-0.05, 0) is 24.5 Å². The normalized spacial score (nSPS) is 12.1. The van der Waals surface area contributed by atoms with Crippen LogP contribution in [0.2, 0.25) is 0 Å². The molecule has 3 N–H and O–H groups in total. The third-order valence-electron chi connectivity index (χ3n) is 6.70. The second-order valence-electron chi connectivity index (χ2n) is 9.51. The summed E-state index contributed by atoms with van der Waals surface area (Å²) >= 11 is 1.52. The molecule has 4 aromatic heterocycles. The maximum atomic E-state index is 13.1. The molecule has 39 heavy (non-hydrogen) atoms. The van der Waals surface area contributed by atoms with E-state index in [0.717, 1.165) is 64.7 Å². The number of benzene rings is 1. The number of nitrogens with zero attached hydrogens (tertiary/aromatic N) is 5. The molecule has 0 spiro atoms. The lowest BCUT2D eigenvalue weighted by Crippen LogP contribution is -2.31. The maximum Gasteiger partial charge on any atom is 0.226 e. The van der Waals surface area contributed by atoms with Gasteiger partial charge >= 0.3 is 0 Å². The van der Waals surface area contributed by atoms with Gasteiger partial charge in [-0.15, -0.1) is 11.3 Å². The summed E-state index contributed by atoms with van der Waals surface area (Å²) in [6.07, 6.45) is 11.4. The molecule has 4 heterocycles. The largest absolute Gasteiger partial charge is 0.359 e. The van der Waals surface area contributed by atoms with Crippen molar-refractivity contribution >= 4 is 28.1 Å². The lowest BCUT2D eigenvalue weighted by atomic mass is 10.1. The second-order valence-corrected chi connectivity index (χ2v) is 10.3. The summed E-state index contributed by atoms with van der Waals surface area (Å²) in [6, 6.07) is 9.89. The van der Waals surface area contributed by atoms with Crippen molar-refractivity contribution in [2.24, 2.45) is 7.05 Å². The third-order valence-corrected chi connectivity index (χ3v) is 7.60. The van der Waals surface area contributed by atoms with E-state index in [1.807, 2.05) is 65.8 Å².